The zero-order valence-electron chi connectivity index (χ0n) is 10.8. The maximum Gasteiger partial charge on any atom is 0.276 e. The SMILES string of the molecule is Cc1nc2nnc(C(=O)N3CCOCC3)c(C)n2n1. The molecule has 19 heavy (non-hydrogen) atoms. The lowest BCUT2D eigenvalue weighted by Crippen LogP contribution is -2.41. The van der Waals surface area contributed by atoms with Gasteiger partial charge >= 0.3 is 0 Å². The minimum absolute atomic E-state index is 0.136. The molecule has 8 nitrogen and oxygen atoms in total. The maximum absolute atomic E-state index is 12.4. The first-order chi connectivity index (χ1) is 9.16. The van der Waals surface area contributed by atoms with Crippen molar-refractivity contribution in [2.45, 2.75) is 13.8 Å². The van der Waals surface area contributed by atoms with Gasteiger partial charge in [-0.25, -0.2) is 0 Å². The lowest BCUT2D eigenvalue weighted by atomic mass is 10.3. The van der Waals surface area contributed by atoms with Crippen LogP contribution in [0.25, 0.3) is 5.78 Å². The zero-order chi connectivity index (χ0) is 13.4. The average molecular weight is 262 g/mol. The Morgan fingerprint density at radius 2 is 1.95 bits per heavy atom. The topological polar surface area (TPSA) is 85.5 Å². The fraction of sp³-hybridized carbons (Fsp3) is 0.545. The summed E-state index contributed by atoms with van der Waals surface area (Å²) in [5.74, 6) is 0.880. The van der Waals surface area contributed by atoms with Crippen molar-refractivity contribution in [3.05, 3.63) is 17.2 Å². The van der Waals surface area contributed by atoms with Gasteiger partial charge in [-0.3, -0.25) is 4.79 Å². The summed E-state index contributed by atoms with van der Waals surface area (Å²) in [4.78, 5) is 18.2. The third kappa shape index (κ3) is 2.03. The highest BCUT2D eigenvalue weighted by atomic mass is 16.5. The maximum atomic E-state index is 12.4. The van der Waals surface area contributed by atoms with Crippen molar-refractivity contribution in [1.29, 1.82) is 0 Å². The minimum Gasteiger partial charge on any atom is -0.378 e. The van der Waals surface area contributed by atoms with E-state index in [1.54, 1.807) is 23.3 Å². The second-order valence-corrected chi connectivity index (χ2v) is 4.41. The van der Waals surface area contributed by atoms with Gasteiger partial charge in [-0.05, 0) is 13.8 Å². The first-order valence-electron chi connectivity index (χ1n) is 6.10. The number of rotatable bonds is 1. The molecule has 0 radical (unpaired) electrons. The Hall–Kier alpha value is -2.09. The molecule has 3 heterocycles. The highest BCUT2D eigenvalue weighted by molar-refractivity contribution is 5.93. The molecule has 1 amide bonds. The molecule has 0 aromatic carbocycles. The molecule has 8 heteroatoms. The smallest absolute Gasteiger partial charge is 0.276 e. The quantitative estimate of drug-likeness (QED) is 0.695. The van der Waals surface area contributed by atoms with Crippen molar-refractivity contribution in [2.24, 2.45) is 0 Å². The first-order valence-corrected chi connectivity index (χ1v) is 6.10. The van der Waals surface area contributed by atoms with E-state index in [4.69, 9.17) is 4.74 Å². The molecule has 2 aromatic rings. The van der Waals surface area contributed by atoms with E-state index in [2.05, 4.69) is 20.3 Å². The molecule has 0 saturated carbocycles. The van der Waals surface area contributed by atoms with Gasteiger partial charge < -0.3 is 9.64 Å². The fourth-order valence-corrected chi connectivity index (χ4v) is 2.07. The number of hydrogen-bond acceptors (Lipinski definition) is 6. The number of nitrogens with zero attached hydrogens (tertiary/aromatic N) is 6. The van der Waals surface area contributed by atoms with Crippen LogP contribution in [0.1, 0.15) is 22.0 Å². The average Bonchev–Trinajstić information content (AvgIpc) is 2.81. The highest BCUT2D eigenvalue weighted by Crippen LogP contribution is 2.10. The first kappa shape index (κ1) is 12.0. The van der Waals surface area contributed by atoms with Gasteiger partial charge in [0, 0.05) is 13.1 Å². The monoisotopic (exact) mass is 262 g/mol. The zero-order valence-corrected chi connectivity index (χ0v) is 10.8. The van der Waals surface area contributed by atoms with Crippen molar-refractivity contribution in [1.82, 2.24) is 29.7 Å². The summed E-state index contributed by atoms with van der Waals surface area (Å²) in [7, 11) is 0. The van der Waals surface area contributed by atoms with Crippen LogP contribution in [-0.2, 0) is 4.74 Å². The lowest BCUT2D eigenvalue weighted by molar-refractivity contribution is 0.0297. The van der Waals surface area contributed by atoms with E-state index >= 15 is 0 Å². The van der Waals surface area contributed by atoms with Crippen molar-refractivity contribution in [2.75, 3.05) is 26.3 Å². The summed E-state index contributed by atoms with van der Waals surface area (Å²) in [5.41, 5.74) is 0.974. The molecule has 0 unspecified atom stereocenters. The Morgan fingerprint density at radius 3 is 2.68 bits per heavy atom. The van der Waals surface area contributed by atoms with Crippen LogP contribution >= 0.6 is 0 Å². The summed E-state index contributed by atoms with van der Waals surface area (Å²) >= 11 is 0. The Bertz CT molecular complexity index is 631. The number of fused-ring (bicyclic) bond motifs is 1. The molecular weight excluding hydrogens is 248 g/mol. The largest absolute Gasteiger partial charge is 0.378 e. The molecule has 1 saturated heterocycles. The van der Waals surface area contributed by atoms with Crippen molar-refractivity contribution in [3.8, 4) is 0 Å². The summed E-state index contributed by atoms with van der Waals surface area (Å²) in [5, 5.41) is 12.1. The van der Waals surface area contributed by atoms with Crippen molar-refractivity contribution >= 4 is 11.7 Å². The molecule has 0 atom stereocenters. The molecule has 1 fully saturated rings. The van der Waals surface area contributed by atoms with Gasteiger partial charge in [0.1, 0.15) is 5.82 Å². The molecule has 0 spiro atoms. The molecular formula is C11H14N6O2. The van der Waals surface area contributed by atoms with E-state index in [9.17, 15) is 4.79 Å². The normalized spacial score (nSPS) is 16.0. The highest BCUT2D eigenvalue weighted by Gasteiger charge is 2.23. The van der Waals surface area contributed by atoms with Crippen LogP contribution < -0.4 is 0 Å². The van der Waals surface area contributed by atoms with Crippen LogP contribution in [-0.4, -0.2) is 61.9 Å². The summed E-state index contributed by atoms with van der Waals surface area (Å²) in [6.45, 7) is 5.84. The van der Waals surface area contributed by atoms with Crippen LogP contribution in [0, 0.1) is 13.8 Å². The Morgan fingerprint density at radius 1 is 1.21 bits per heavy atom. The third-order valence-electron chi connectivity index (χ3n) is 3.10. The number of amides is 1. The number of carbonyl (C=O) groups excluding carboxylic acids is 1. The van der Waals surface area contributed by atoms with Gasteiger partial charge in [0.25, 0.3) is 11.7 Å². The van der Waals surface area contributed by atoms with E-state index in [1.807, 2.05) is 0 Å². The number of morpholine rings is 1. The van der Waals surface area contributed by atoms with Gasteiger partial charge in [-0.15, -0.1) is 15.3 Å². The summed E-state index contributed by atoms with van der Waals surface area (Å²) < 4.78 is 6.78. The van der Waals surface area contributed by atoms with E-state index in [-0.39, 0.29) is 5.91 Å². The molecule has 1 aliphatic rings. The van der Waals surface area contributed by atoms with E-state index in [1.165, 1.54) is 0 Å². The second kappa shape index (κ2) is 4.54. The fourth-order valence-electron chi connectivity index (χ4n) is 2.07. The van der Waals surface area contributed by atoms with Crippen molar-refractivity contribution < 1.29 is 9.53 Å². The predicted molar refractivity (Wildman–Crippen MR) is 64.8 cm³/mol. The molecule has 2 aromatic heterocycles. The van der Waals surface area contributed by atoms with Gasteiger partial charge in [-0.1, -0.05) is 0 Å². The van der Waals surface area contributed by atoms with Gasteiger partial charge in [0.05, 0.1) is 18.9 Å². The molecule has 0 N–H and O–H groups in total. The van der Waals surface area contributed by atoms with Crippen LogP contribution in [0.2, 0.25) is 0 Å². The summed E-state index contributed by atoms with van der Waals surface area (Å²) in [6.07, 6.45) is 0. The van der Waals surface area contributed by atoms with Crippen LogP contribution in [0.5, 0.6) is 0 Å². The number of ether oxygens (including phenoxy) is 1. The minimum atomic E-state index is -0.136. The Balaban J connectivity index is 1.99. The Kier molecular flexibility index (Phi) is 2.86. The molecule has 0 bridgehead atoms. The standard InChI is InChI=1S/C11H14N6O2/c1-7-9(10(18)16-3-5-19-6-4-16)13-14-11-12-8(2)15-17(7)11/h3-6H2,1-2H3. The van der Waals surface area contributed by atoms with Gasteiger partial charge in [0.2, 0.25) is 0 Å². The van der Waals surface area contributed by atoms with Gasteiger partial charge in [-0.2, -0.15) is 9.50 Å². The van der Waals surface area contributed by atoms with Crippen LogP contribution in [0.15, 0.2) is 0 Å². The third-order valence-corrected chi connectivity index (χ3v) is 3.10. The number of hydrogen-bond donors (Lipinski definition) is 0. The summed E-state index contributed by atoms with van der Waals surface area (Å²) in [6, 6.07) is 0. The van der Waals surface area contributed by atoms with E-state index in [0.29, 0.717) is 49.3 Å². The van der Waals surface area contributed by atoms with Gasteiger partial charge in [0.15, 0.2) is 5.69 Å². The van der Waals surface area contributed by atoms with Crippen LogP contribution in [0.3, 0.4) is 0 Å². The van der Waals surface area contributed by atoms with E-state index in [0.717, 1.165) is 0 Å². The molecule has 0 aliphatic carbocycles. The number of aromatic nitrogens is 5. The second-order valence-electron chi connectivity index (χ2n) is 4.41. The Labute approximate surface area is 109 Å². The number of carbonyl (C=O) groups is 1. The predicted octanol–water partition coefficient (Wildman–Crippen LogP) is -0.391. The molecule has 1 aliphatic heterocycles. The molecule has 100 valence electrons. The van der Waals surface area contributed by atoms with Crippen LogP contribution in [0.4, 0.5) is 0 Å². The lowest BCUT2D eigenvalue weighted by Gasteiger charge is -2.26. The number of aryl methyl sites for hydroxylation is 2. The molecule has 3 rings (SSSR count). The van der Waals surface area contributed by atoms with E-state index < -0.39 is 0 Å². The van der Waals surface area contributed by atoms with Crippen molar-refractivity contribution in [3.63, 3.8) is 0 Å².